The molecule has 0 fully saturated rings. The molecule has 0 amide bonds. The minimum Gasteiger partial charge on any atom is -0.454 e. The molecule has 12 nitrogen and oxygen atoms in total. The van der Waals surface area contributed by atoms with Crippen molar-refractivity contribution in [3.63, 3.8) is 0 Å². The maximum atomic E-state index is 6.58. The number of fused-ring (bicyclic) bond motifs is 35. The Labute approximate surface area is 850 Å². The second kappa shape index (κ2) is 33.9. The Morgan fingerprint density at radius 3 is 1.04 bits per heavy atom. The fraction of sp³-hybridized carbons (Fsp3) is 0. The van der Waals surface area contributed by atoms with E-state index >= 15 is 0 Å². The highest BCUT2D eigenvalue weighted by atomic mass is 32.1. The van der Waals surface area contributed by atoms with Crippen molar-refractivity contribution in [3.8, 4) is 68.4 Å². The molecule has 0 spiro atoms. The van der Waals surface area contributed by atoms with Gasteiger partial charge in [0.1, 0.15) is 11.1 Å². The molecule has 12 aromatic heterocycles. The highest BCUT2D eigenvalue weighted by Crippen LogP contribution is 2.50. The highest BCUT2D eigenvalue weighted by Gasteiger charge is 2.29. The van der Waals surface area contributed by atoms with Gasteiger partial charge in [0.05, 0.1) is 77.8 Å². The summed E-state index contributed by atoms with van der Waals surface area (Å²) >= 11 is 5.47. The van der Waals surface area contributed by atoms with E-state index in [0.717, 1.165) is 149 Å². The number of benzene rings is 21. The van der Waals surface area contributed by atoms with E-state index in [2.05, 4.69) is 448 Å². The summed E-state index contributed by atoms with van der Waals surface area (Å²) in [4.78, 5) is 36.1. The number of rotatable bonds is 8. The fourth-order valence-electron chi connectivity index (χ4n) is 22.8. The number of para-hydroxylation sites is 7. The van der Waals surface area contributed by atoms with E-state index in [1.807, 2.05) is 82.5 Å². The summed E-state index contributed by atoms with van der Waals surface area (Å²) in [5, 5.41) is 24.7. The van der Waals surface area contributed by atoms with Gasteiger partial charge < -0.3 is 14.0 Å². The average Bonchev–Trinajstić information content (AvgIpc) is 1.60. The SMILES string of the molecule is c1ccc(-c2nc(-n3c4ccccc4c4cc(-c5ccc6c7ccccc7n(-c7ccccc7)c6c5)ccc43)nc3ccc4sc5ccccc5c4c23)cc1.c1ccc(-c2nc(-n3c4ccccc4c4ccc5c6ccccc6[nH]c5c43)nc3ccc4sc5ccccc5c4c23)cc1.c1ccc(-c2nc(-n3c4ccccc4c4ccc5c6ccccc6oc5c43)nc3ccc4sc5ccccc5c4c23)cc1.c1ccccc1. The van der Waals surface area contributed by atoms with E-state index < -0.39 is 0 Å². The molecule has 12 heterocycles. The summed E-state index contributed by atoms with van der Waals surface area (Å²) in [5.41, 5.74) is 25.0. The number of nitrogens with zero attached hydrogens (tertiary/aromatic N) is 10. The van der Waals surface area contributed by atoms with Crippen LogP contribution in [0.2, 0.25) is 0 Å². The van der Waals surface area contributed by atoms with Crippen LogP contribution in [-0.4, -0.2) is 53.2 Å². The number of furan rings is 1. The molecule has 0 aliphatic heterocycles. The number of aromatic nitrogens is 11. The first-order valence-electron chi connectivity index (χ1n) is 49.4. The predicted molar refractivity (Wildman–Crippen MR) is 619 cm³/mol. The molecule has 0 saturated carbocycles. The lowest BCUT2D eigenvalue weighted by Crippen LogP contribution is -2.04. The molecule has 0 unspecified atom stereocenters. The Morgan fingerprint density at radius 1 is 0.197 bits per heavy atom. The summed E-state index contributed by atoms with van der Waals surface area (Å²) in [7, 11) is 0. The average molecular weight is 1930 g/mol. The van der Waals surface area contributed by atoms with Crippen molar-refractivity contribution in [1.29, 1.82) is 0 Å². The minimum atomic E-state index is 0.629. The zero-order valence-corrected chi connectivity index (χ0v) is 81.1. The van der Waals surface area contributed by atoms with Crippen LogP contribution in [-0.2, 0) is 0 Å². The minimum absolute atomic E-state index is 0.629. The maximum Gasteiger partial charge on any atom is 0.235 e. The molecular formula is C132H79N11OS3. The quantitative estimate of drug-likeness (QED) is 0.161. The van der Waals surface area contributed by atoms with Gasteiger partial charge >= 0.3 is 0 Å². The number of aromatic amines is 1. The van der Waals surface area contributed by atoms with Crippen LogP contribution in [0.15, 0.2) is 478 Å². The lowest BCUT2D eigenvalue weighted by atomic mass is 10.0. The summed E-state index contributed by atoms with van der Waals surface area (Å²) in [6.07, 6.45) is 0. The van der Waals surface area contributed by atoms with Crippen LogP contribution in [0.25, 0.3) is 293 Å². The van der Waals surface area contributed by atoms with Gasteiger partial charge in [-0.25, -0.2) is 29.9 Å². The number of nitrogens with one attached hydrogen (secondary N) is 1. The van der Waals surface area contributed by atoms with Crippen molar-refractivity contribution >= 4 is 258 Å². The summed E-state index contributed by atoms with van der Waals surface area (Å²) in [6, 6.07) is 167. The van der Waals surface area contributed by atoms with Gasteiger partial charge in [0.25, 0.3) is 0 Å². The Balaban J connectivity index is 0.0000000999. The van der Waals surface area contributed by atoms with Crippen molar-refractivity contribution < 1.29 is 4.42 Å². The third kappa shape index (κ3) is 13.4. The first-order chi connectivity index (χ1) is 72.9. The Morgan fingerprint density at radius 2 is 0.537 bits per heavy atom. The molecule has 0 aliphatic rings. The molecule has 0 atom stereocenters. The molecular weight excluding hydrogens is 1850 g/mol. The molecule has 33 aromatic rings. The monoisotopic (exact) mass is 1930 g/mol. The maximum absolute atomic E-state index is 6.58. The smallest absolute Gasteiger partial charge is 0.235 e. The molecule has 15 heteroatoms. The number of H-pyrrole nitrogens is 1. The molecule has 0 aliphatic carbocycles. The summed E-state index contributed by atoms with van der Waals surface area (Å²) in [6.45, 7) is 0. The van der Waals surface area contributed by atoms with Crippen LogP contribution in [0.1, 0.15) is 0 Å². The third-order valence-electron chi connectivity index (χ3n) is 29.2. The van der Waals surface area contributed by atoms with Crippen LogP contribution >= 0.6 is 34.0 Å². The van der Waals surface area contributed by atoms with Gasteiger partial charge in [0, 0.05) is 169 Å². The lowest BCUT2D eigenvalue weighted by Gasteiger charge is -2.13. The molecule has 1 N–H and O–H groups in total. The predicted octanol–water partition coefficient (Wildman–Crippen LogP) is 36.3. The number of hydrogen-bond acceptors (Lipinski definition) is 10. The standard InChI is InChI=1S/C50H30N4S.C38H22N4S.C38H21N3OS.C6H6/c1-3-13-31(14-4-1)49-48-40(26-28-46-47(48)38-19-9-12-22-45(38)55-46)51-50(52-49)54-42-21-11-8-18-36(42)39-29-32(24-27-43(39)54)33-23-25-37-35-17-7-10-20-41(35)53(44(37)30-33)34-15-5-2-6-16-34;1-2-10-22(11-3-1)35-34-29(20-21-32-33(34)27-14-6-9-17-31(27)43-32)40-38(41-35)42-30-16-8-5-13-24(30)26-19-18-25-23-12-4-7-15-28(23)39-36(25)37(26)42;1-2-10-22(11-3-1)35-34-28(20-21-32-33(34)27-14-6-9-17-31(27)43-32)39-38(40-35)41-29-15-7-4-12-23(29)25-18-19-26-24-13-5-8-16-30(24)42-37(26)36(25)41;1-2-4-6-5-3-1/h1-30H;1-21,39H;1-21H;1-6H. The van der Waals surface area contributed by atoms with Crippen molar-refractivity contribution in [2.75, 3.05) is 0 Å². The Bertz CT molecular complexity index is 10800. The Kier molecular flexibility index (Phi) is 19.3. The molecule has 0 saturated heterocycles. The van der Waals surface area contributed by atoms with Gasteiger partial charge in [-0.2, -0.15) is 0 Å². The van der Waals surface area contributed by atoms with E-state index in [1.54, 1.807) is 0 Å². The Hall–Kier alpha value is -18.9. The molecule has 686 valence electrons. The molecule has 33 rings (SSSR count). The van der Waals surface area contributed by atoms with Crippen molar-refractivity contribution in [2.45, 2.75) is 0 Å². The van der Waals surface area contributed by atoms with Gasteiger partial charge in [0.2, 0.25) is 17.8 Å². The van der Waals surface area contributed by atoms with Crippen LogP contribution in [0.3, 0.4) is 0 Å². The van der Waals surface area contributed by atoms with Gasteiger partial charge in [-0.3, -0.25) is 13.7 Å². The zero-order chi connectivity index (χ0) is 96.4. The van der Waals surface area contributed by atoms with Crippen molar-refractivity contribution in [1.82, 2.24) is 53.2 Å². The van der Waals surface area contributed by atoms with Gasteiger partial charge in [-0.15, -0.1) is 34.0 Å². The molecule has 0 bridgehead atoms. The molecule has 21 aromatic carbocycles. The van der Waals surface area contributed by atoms with E-state index in [-0.39, 0.29) is 0 Å². The zero-order valence-electron chi connectivity index (χ0n) is 78.6. The van der Waals surface area contributed by atoms with Gasteiger partial charge in [-0.1, -0.05) is 346 Å². The second-order valence-corrected chi connectivity index (χ2v) is 40.6. The van der Waals surface area contributed by atoms with E-state index in [0.29, 0.717) is 17.8 Å². The van der Waals surface area contributed by atoms with Crippen LogP contribution in [0.5, 0.6) is 0 Å². The van der Waals surface area contributed by atoms with Gasteiger partial charge in [0.15, 0.2) is 5.58 Å². The van der Waals surface area contributed by atoms with Crippen molar-refractivity contribution in [3.05, 3.63) is 473 Å². The van der Waals surface area contributed by atoms with E-state index in [9.17, 15) is 0 Å². The van der Waals surface area contributed by atoms with Gasteiger partial charge in [-0.05, 0) is 139 Å². The number of hydrogen-bond donors (Lipinski definition) is 1. The first kappa shape index (κ1) is 83.8. The highest BCUT2D eigenvalue weighted by molar-refractivity contribution is 7.27. The fourth-order valence-corrected chi connectivity index (χ4v) is 26.1. The topological polar surface area (TPSA) is 126 Å². The second-order valence-electron chi connectivity index (χ2n) is 37.4. The van der Waals surface area contributed by atoms with Crippen LogP contribution in [0.4, 0.5) is 0 Å². The molecule has 147 heavy (non-hydrogen) atoms. The van der Waals surface area contributed by atoms with E-state index in [4.69, 9.17) is 34.3 Å². The summed E-state index contributed by atoms with van der Waals surface area (Å²) < 4.78 is 23.2. The van der Waals surface area contributed by atoms with Crippen LogP contribution < -0.4 is 0 Å². The molecule has 0 radical (unpaired) electrons. The summed E-state index contributed by atoms with van der Waals surface area (Å²) in [5.74, 6) is 1.96. The van der Waals surface area contributed by atoms with Crippen LogP contribution in [0, 0.1) is 0 Å². The number of thiophene rings is 3. The normalized spacial score (nSPS) is 11.9. The third-order valence-corrected chi connectivity index (χ3v) is 32.6. The van der Waals surface area contributed by atoms with Crippen molar-refractivity contribution in [2.24, 2.45) is 0 Å². The lowest BCUT2D eigenvalue weighted by molar-refractivity contribution is 0.671. The van der Waals surface area contributed by atoms with E-state index in [1.165, 1.54) is 126 Å². The largest absolute Gasteiger partial charge is 0.454 e. The first-order valence-corrected chi connectivity index (χ1v) is 51.8.